The van der Waals surface area contributed by atoms with E-state index in [1.165, 1.54) is 0 Å². The van der Waals surface area contributed by atoms with E-state index in [1.54, 1.807) is 0 Å². The number of aliphatic imine (C=N–C) groups is 1. The second-order valence-electron chi connectivity index (χ2n) is 3.68. The van der Waals surface area contributed by atoms with E-state index in [9.17, 15) is 4.79 Å². The van der Waals surface area contributed by atoms with Crippen LogP contribution in [0.25, 0.3) is 0 Å². The number of benzene rings is 1. The van der Waals surface area contributed by atoms with Crippen molar-refractivity contribution >= 4 is 11.6 Å². The van der Waals surface area contributed by atoms with Crippen LogP contribution in [0.4, 0.5) is 0 Å². The highest BCUT2D eigenvalue weighted by Crippen LogP contribution is 2.11. The number of hydrogen-bond acceptors (Lipinski definition) is 1. The van der Waals surface area contributed by atoms with E-state index >= 15 is 0 Å². The van der Waals surface area contributed by atoms with Crippen LogP contribution in [0.15, 0.2) is 23.2 Å². The predicted octanol–water partition coefficient (Wildman–Crippen LogP) is 2.92. The molecule has 74 valence electrons. The Morgan fingerprint density at radius 1 is 1.21 bits per heavy atom. The summed E-state index contributed by atoms with van der Waals surface area (Å²) in [5.41, 5.74) is 3.55. The third-order valence-corrected chi connectivity index (χ3v) is 1.95. The molecule has 0 atom stereocenters. The fourth-order valence-electron chi connectivity index (χ4n) is 1.23. The molecular weight excluding hydrogens is 174 g/mol. The number of aryl methyl sites for hydroxylation is 2. The van der Waals surface area contributed by atoms with Gasteiger partial charge in [-0.25, -0.2) is 4.99 Å². The summed E-state index contributed by atoms with van der Waals surface area (Å²) in [7, 11) is 0. The predicted molar refractivity (Wildman–Crippen MR) is 59.0 cm³/mol. The van der Waals surface area contributed by atoms with Gasteiger partial charge in [-0.3, -0.25) is 4.79 Å². The van der Waals surface area contributed by atoms with E-state index in [0.717, 1.165) is 16.8 Å². The lowest BCUT2D eigenvalue weighted by Crippen LogP contribution is -2.01. The Hall–Kier alpha value is -1.44. The molecule has 14 heavy (non-hydrogen) atoms. The van der Waals surface area contributed by atoms with Crippen LogP contribution >= 0.6 is 0 Å². The van der Waals surface area contributed by atoms with E-state index in [0.29, 0.717) is 5.56 Å². The summed E-state index contributed by atoms with van der Waals surface area (Å²) in [5.74, 6) is -0.147. The number of rotatable bonds is 1. The molecule has 1 rings (SSSR count). The Morgan fingerprint density at radius 3 is 2.43 bits per heavy atom. The molecule has 1 aromatic rings. The minimum atomic E-state index is -0.147. The monoisotopic (exact) mass is 189 g/mol. The molecule has 0 aromatic heterocycles. The van der Waals surface area contributed by atoms with Gasteiger partial charge in [0.2, 0.25) is 0 Å². The first-order chi connectivity index (χ1) is 6.50. The SMILES string of the molecule is CC(C)=NC(=O)c1cc(C)ccc1C. The molecule has 1 amide bonds. The summed E-state index contributed by atoms with van der Waals surface area (Å²) >= 11 is 0. The highest BCUT2D eigenvalue weighted by atomic mass is 16.1. The van der Waals surface area contributed by atoms with Crippen molar-refractivity contribution in [3.05, 3.63) is 34.9 Å². The lowest BCUT2D eigenvalue weighted by atomic mass is 10.1. The topological polar surface area (TPSA) is 29.4 Å². The van der Waals surface area contributed by atoms with Crippen LogP contribution < -0.4 is 0 Å². The first kappa shape index (κ1) is 10.6. The number of carbonyl (C=O) groups excluding carboxylic acids is 1. The second-order valence-corrected chi connectivity index (χ2v) is 3.68. The minimum Gasteiger partial charge on any atom is -0.267 e. The summed E-state index contributed by atoms with van der Waals surface area (Å²) in [6, 6.07) is 5.82. The molecule has 0 unspecified atom stereocenters. The Labute approximate surface area is 84.7 Å². The van der Waals surface area contributed by atoms with Crippen LogP contribution in [-0.4, -0.2) is 11.6 Å². The maximum absolute atomic E-state index is 11.6. The molecule has 0 aliphatic rings. The largest absolute Gasteiger partial charge is 0.277 e. The van der Waals surface area contributed by atoms with E-state index < -0.39 is 0 Å². The molecular formula is C12H15NO. The molecule has 0 saturated heterocycles. The molecule has 0 bridgehead atoms. The molecule has 0 saturated carbocycles. The van der Waals surface area contributed by atoms with Gasteiger partial charge >= 0.3 is 0 Å². The van der Waals surface area contributed by atoms with Crippen molar-refractivity contribution in [2.75, 3.05) is 0 Å². The number of carbonyl (C=O) groups is 1. The van der Waals surface area contributed by atoms with Crippen molar-refractivity contribution in [1.29, 1.82) is 0 Å². The number of hydrogen-bond donors (Lipinski definition) is 0. The van der Waals surface area contributed by atoms with Crippen molar-refractivity contribution in [2.45, 2.75) is 27.7 Å². The number of nitrogens with zero attached hydrogens (tertiary/aromatic N) is 1. The van der Waals surface area contributed by atoms with Crippen LogP contribution in [0.2, 0.25) is 0 Å². The molecule has 0 heterocycles. The van der Waals surface area contributed by atoms with Crippen molar-refractivity contribution in [3.8, 4) is 0 Å². The highest BCUT2D eigenvalue weighted by Gasteiger charge is 2.07. The summed E-state index contributed by atoms with van der Waals surface area (Å²) < 4.78 is 0. The standard InChI is InChI=1S/C12H15NO/c1-8(2)13-12(14)11-7-9(3)5-6-10(11)4/h5-7H,1-4H3. The lowest BCUT2D eigenvalue weighted by Gasteiger charge is -2.02. The fourth-order valence-corrected chi connectivity index (χ4v) is 1.23. The van der Waals surface area contributed by atoms with Gasteiger partial charge in [0.1, 0.15) is 0 Å². The van der Waals surface area contributed by atoms with Gasteiger partial charge in [0.25, 0.3) is 5.91 Å². The van der Waals surface area contributed by atoms with Crippen LogP contribution in [0, 0.1) is 13.8 Å². The Kier molecular flexibility index (Phi) is 3.18. The third kappa shape index (κ3) is 2.52. The Bertz CT molecular complexity index is 387. The molecule has 2 heteroatoms. The summed E-state index contributed by atoms with van der Waals surface area (Å²) in [6.07, 6.45) is 0. The van der Waals surface area contributed by atoms with Crippen molar-refractivity contribution in [2.24, 2.45) is 4.99 Å². The Morgan fingerprint density at radius 2 is 1.86 bits per heavy atom. The van der Waals surface area contributed by atoms with Gasteiger partial charge in [0, 0.05) is 11.3 Å². The van der Waals surface area contributed by atoms with Crippen LogP contribution in [-0.2, 0) is 0 Å². The van der Waals surface area contributed by atoms with Crippen LogP contribution in [0.1, 0.15) is 35.3 Å². The maximum Gasteiger partial charge on any atom is 0.277 e. The van der Waals surface area contributed by atoms with Gasteiger partial charge in [0.15, 0.2) is 0 Å². The molecule has 0 fully saturated rings. The Balaban J connectivity index is 3.12. The van der Waals surface area contributed by atoms with Crippen molar-refractivity contribution in [3.63, 3.8) is 0 Å². The lowest BCUT2D eigenvalue weighted by molar-refractivity contribution is 0.100. The zero-order chi connectivity index (χ0) is 10.7. The normalized spacial score (nSPS) is 9.71. The molecule has 1 aromatic carbocycles. The van der Waals surface area contributed by atoms with Gasteiger partial charge in [-0.05, 0) is 39.3 Å². The van der Waals surface area contributed by atoms with Crippen molar-refractivity contribution in [1.82, 2.24) is 0 Å². The van der Waals surface area contributed by atoms with E-state index in [-0.39, 0.29) is 5.91 Å². The molecule has 0 N–H and O–H groups in total. The third-order valence-electron chi connectivity index (χ3n) is 1.95. The van der Waals surface area contributed by atoms with Gasteiger partial charge in [0.05, 0.1) is 0 Å². The smallest absolute Gasteiger partial charge is 0.267 e. The molecule has 0 aliphatic carbocycles. The van der Waals surface area contributed by atoms with E-state index in [4.69, 9.17) is 0 Å². The summed E-state index contributed by atoms with van der Waals surface area (Å²) in [6.45, 7) is 7.54. The first-order valence-electron chi connectivity index (χ1n) is 4.64. The van der Waals surface area contributed by atoms with Gasteiger partial charge in [-0.2, -0.15) is 0 Å². The average Bonchev–Trinajstić information content (AvgIpc) is 2.08. The molecule has 0 spiro atoms. The van der Waals surface area contributed by atoms with Crippen molar-refractivity contribution < 1.29 is 4.79 Å². The second kappa shape index (κ2) is 4.18. The average molecular weight is 189 g/mol. The zero-order valence-electron chi connectivity index (χ0n) is 9.09. The molecule has 0 aliphatic heterocycles. The highest BCUT2D eigenvalue weighted by molar-refractivity contribution is 6.03. The molecule has 0 radical (unpaired) electrons. The number of amides is 1. The molecule has 2 nitrogen and oxygen atoms in total. The summed E-state index contributed by atoms with van der Waals surface area (Å²) in [4.78, 5) is 15.6. The first-order valence-corrected chi connectivity index (χ1v) is 4.64. The van der Waals surface area contributed by atoms with Crippen LogP contribution in [0.3, 0.4) is 0 Å². The minimum absolute atomic E-state index is 0.147. The fraction of sp³-hybridized carbons (Fsp3) is 0.333. The van der Waals surface area contributed by atoms with E-state index in [2.05, 4.69) is 4.99 Å². The van der Waals surface area contributed by atoms with Crippen LogP contribution in [0.5, 0.6) is 0 Å². The summed E-state index contributed by atoms with van der Waals surface area (Å²) in [5, 5.41) is 0. The van der Waals surface area contributed by atoms with Gasteiger partial charge < -0.3 is 0 Å². The van der Waals surface area contributed by atoms with Gasteiger partial charge in [-0.15, -0.1) is 0 Å². The van der Waals surface area contributed by atoms with E-state index in [1.807, 2.05) is 45.9 Å². The maximum atomic E-state index is 11.6. The quantitative estimate of drug-likeness (QED) is 0.624. The van der Waals surface area contributed by atoms with Gasteiger partial charge in [-0.1, -0.05) is 17.7 Å². The zero-order valence-corrected chi connectivity index (χ0v) is 9.09.